The van der Waals surface area contributed by atoms with Gasteiger partial charge in [-0.1, -0.05) is 18.2 Å². The monoisotopic (exact) mass is 192 g/mol. The standard InChI is InChI=1S/C10H13BO3/c1-2-3-7-14-10-6-4-5-9(8-10)11(12)13/h2,4-6,8,12-13H,1,3,7H2. The van der Waals surface area contributed by atoms with Crippen LogP contribution in [-0.2, 0) is 0 Å². The van der Waals surface area contributed by atoms with E-state index in [1.54, 1.807) is 30.3 Å². The Kier molecular flexibility index (Phi) is 4.23. The molecule has 0 spiro atoms. The fourth-order valence-electron chi connectivity index (χ4n) is 1.03. The number of hydrogen-bond acceptors (Lipinski definition) is 3. The zero-order chi connectivity index (χ0) is 10.4. The molecule has 0 radical (unpaired) electrons. The molecule has 0 aliphatic rings. The van der Waals surface area contributed by atoms with E-state index in [0.717, 1.165) is 6.42 Å². The van der Waals surface area contributed by atoms with Crippen molar-refractivity contribution in [3.8, 4) is 5.75 Å². The molecule has 74 valence electrons. The van der Waals surface area contributed by atoms with E-state index in [2.05, 4.69) is 6.58 Å². The molecule has 0 bridgehead atoms. The lowest BCUT2D eigenvalue weighted by Gasteiger charge is -2.06. The van der Waals surface area contributed by atoms with Crippen molar-refractivity contribution in [1.29, 1.82) is 0 Å². The molecule has 0 aliphatic heterocycles. The predicted octanol–water partition coefficient (Wildman–Crippen LogP) is 0.321. The van der Waals surface area contributed by atoms with Gasteiger partial charge >= 0.3 is 7.12 Å². The number of ether oxygens (including phenoxy) is 1. The average molecular weight is 192 g/mol. The van der Waals surface area contributed by atoms with E-state index in [1.165, 1.54) is 0 Å². The van der Waals surface area contributed by atoms with E-state index in [0.29, 0.717) is 17.8 Å². The zero-order valence-corrected chi connectivity index (χ0v) is 7.89. The molecule has 0 fully saturated rings. The highest BCUT2D eigenvalue weighted by atomic mass is 16.5. The lowest BCUT2D eigenvalue weighted by Crippen LogP contribution is -2.29. The molecule has 0 unspecified atom stereocenters. The molecule has 1 aromatic rings. The Morgan fingerprint density at radius 3 is 2.86 bits per heavy atom. The Labute approximate surface area is 83.8 Å². The molecule has 1 rings (SSSR count). The lowest BCUT2D eigenvalue weighted by molar-refractivity contribution is 0.325. The molecule has 1 aromatic carbocycles. The molecular formula is C10H13BO3. The van der Waals surface area contributed by atoms with Gasteiger partial charge in [-0.3, -0.25) is 0 Å². The maximum Gasteiger partial charge on any atom is 0.488 e. The van der Waals surface area contributed by atoms with Crippen LogP contribution in [0.3, 0.4) is 0 Å². The highest BCUT2D eigenvalue weighted by molar-refractivity contribution is 6.58. The van der Waals surface area contributed by atoms with Gasteiger partial charge in [0, 0.05) is 0 Å². The van der Waals surface area contributed by atoms with Gasteiger partial charge in [0.25, 0.3) is 0 Å². The topological polar surface area (TPSA) is 49.7 Å². The molecule has 3 nitrogen and oxygen atoms in total. The van der Waals surface area contributed by atoms with Crippen LogP contribution in [0.5, 0.6) is 5.75 Å². The maximum absolute atomic E-state index is 8.90. The molecule has 0 heterocycles. The zero-order valence-electron chi connectivity index (χ0n) is 7.89. The summed E-state index contributed by atoms with van der Waals surface area (Å²) in [5, 5.41) is 17.8. The Bertz CT molecular complexity index is 299. The van der Waals surface area contributed by atoms with Crippen molar-refractivity contribution in [1.82, 2.24) is 0 Å². The van der Waals surface area contributed by atoms with E-state index in [4.69, 9.17) is 14.8 Å². The molecule has 0 aliphatic carbocycles. The molecule has 0 atom stereocenters. The summed E-state index contributed by atoms with van der Waals surface area (Å²) in [6.45, 7) is 4.13. The molecule has 4 heteroatoms. The Balaban J connectivity index is 2.59. The Morgan fingerprint density at radius 1 is 1.43 bits per heavy atom. The van der Waals surface area contributed by atoms with Crippen molar-refractivity contribution in [2.75, 3.05) is 6.61 Å². The largest absolute Gasteiger partial charge is 0.493 e. The summed E-state index contributed by atoms with van der Waals surface area (Å²) in [7, 11) is -1.45. The Hall–Kier alpha value is -1.26. The van der Waals surface area contributed by atoms with Crippen LogP contribution in [0.1, 0.15) is 6.42 Å². The van der Waals surface area contributed by atoms with Crippen molar-refractivity contribution >= 4 is 12.6 Å². The molecule has 0 amide bonds. The second-order valence-corrected chi connectivity index (χ2v) is 2.87. The number of benzene rings is 1. The van der Waals surface area contributed by atoms with Crippen LogP contribution in [-0.4, -0.2) is 23.8 Å². The van der Waals surface area contributed by atoms with Gasteiger partial charge in [0.05, 0.1) is 6.61 Å². The first kappa shape index (κ1) is 10.8. The quantitative estimate of drug-likeness (QED) is 0.401. The van der Waals surface area contributed by atoms with Crippen molar-refractivity contribution in [3.05, 3.63) is 36.9 Å². The van der Waals surface area contributed by atoms with Crippen LogP contribution in [0.15, 0.2) is 36.9 Å². The average Bonchev–Trinajstić information content (AvgIpc) is 2.19. The summed E-state index contributed by atoms with van der Waals surface area (Å²) < 4.78 is 5.34. The minimum absolute atomic E-state index is 0.432. The van der Waals surface area contributed by atoms with E-state index >= 15 is 0 Å². The van der Waals surface area contributed by atoms with Gasteiger partial charge in [0.15, 0.2) is 0 Å². The van der Waals surface area contributed by atoms with Crippen LogP contribution in [0, 0.1) is 0 Å². The molecule has 0 saturated heterocycles. The summed E-state index contributed by atoms with van der Waals surface area (Å²) in [5.74, 6) is 0.637. The molecular weight excluding hydrogens is 179 g/mol. The summed E-state index contributed by atoms with van der Waals surface area (Å²) in [6, 6.07) is 6.73. The highest BCUT2D eigenvalue weighted by Gasteiger charge is 2.10. The summed E-state index contributed by atoms with van der Waals surface area (Å²) in [4.78, 5) is 0. The van der Waals surface area contributed by atoms with E-state index < -0.39 is 7.12 Å². The van der Waals surface area contributed by atoms with Crippen molar-refractivity contribution < 1.29 is 14.8 Å². The SMILES string of the molecule is C=CCCOc1cccc(B(O)O)c1. The van der Waals surface area contributed by atoms with Gasteiger partial charge in [-0.25, -0.2) is 0 Å². The minimum Gasteiger partial charge on any atom is -0.493 e. The van der Waals surface area contributed by atoms with Gasteiger partial charge in [0.1, 0.15) is 5.75 Å². The van der Waals surface area contributed by atoms with Crippen molar-refractivity contribution in [2.24, 2.45) is 0 Å². The van der Waals surface area contributed by atoms with E-state index in [9.17, 15) is 0 Å². The van der Waals surface area contributed by atoms with Gasteiger partial charge in [-0.05, 0) is 24.0 Å². The third kappa shape index (κ3) is 3.24. The molecule has 0 aromatic heterocycles. The normalized spacial score (nSPS) is 9.57. The van der Waals surface area contributed by atoms with Gasteiger partial charge in [-0.2, -0.15) is 0 Å². The Morgan fingerprint density at radius 2 is 2.21 bits per heavy atom. The second-order valence-electron chi connectivity index (χ2n) is 2.87. The van der Waals surface area contributed by atoms with E-state index in [-0.39, 0.29) is 0 Å². The van der Waals surface area contributed by atoms with Gasteiger partial charge in [0.2, 0.25) is 0 Å². The number of hydrogen-bond donors (Lipinski definition) is 2. The second kappa shape index (κ2) is 5.47. The molecule has 2 N–H and O–H groups in total. The number of rotatable bonds is 5. The molecule has 0 saturated carbocycles. The van der Waals surface area contributed by atoms with Gasteiger partial charge < -0.3 is 14.8 Å². The van der Waals surface area contributed by atoms with Gasteiger partial charge in [-0.15, -0.1) is 6.58 Å². The van der Waals surface area contributed by atoms with Crippen LogP contribution >= 0.6 is 0 Å². The third-order valence-electron chi connectivity index (χ3n) is 1.75. The first-order valence-corrected chi connectivity index (χ1v) is 4.44. The fourth-order valence-corrected chi connectivity index (χ4v) is 1.03. The minimum atomic E-state index is -1.45. The predicted molar refractivity (Wildman–Crippen MR) is 56.6 cm³/mol. The summed E-state index contributed by atoms with van der Waals surface area (Å²) in [5.41, 5.74) is 0.432. The maximum atomic E-state index is 8.90. The lowest BCUT2D eigenvalue weighted by atomic mass is 9.80. The van der Waals surface area contributed by atoms with E-state index in [1.807, 2.05) is 0 Å². The van der Waals surface area contributed by atoms with Crippen molar-refractivity contribution in [2.45, 2.75) is 6.42 Å². The highest BCUT2D eigenvalue weighted by Crippen LogP contribution is 2.07. The smallest absolute Gasteiger partial charge is 0.488 e. The first-order chi connectivity index (χ1) is 6.74. The van der Waals surface area contributed by atoms with Crippen LogP contribution < -0.4 is 10.2 Å². The van der Waals surface area contributed by atoms with Crippen LogP contribution in [0.25, 0.3) is 0 Å². The van der Waals surface area contributed by atoms with Crippen molar-refractivity contribution in [3.63, 3.8) is 0 Å². The summed E-state index contributed by atoms with van der Waals surface area (Å²) >= 11 is 0. The fraction of sp³-hybridized carbons (Fsp3) is 0.200. The first-order valence-electron chi connectivity index (χ1n) is 4.44. The third-order valence-corrected chi connectivity index (χ3v) is 1.75. The molecule has 14 heavy (non-hydrogen) atoms. The van der Waals surface area contributed by atoms with Crippen LogP contribution in [0.4, 0.5) is 0 Å². The summed E-state index contributed by atoms with van der Waals surface area (Å²) in [6.07, 6.45) is 2.54. The van der Waals surface area contributed by atoms with Crippen LogP contribution in [0.2, 0.25) is 0 Å².